The molecule has 40 heavy (non-hydrogen) atoms. The maximum absolute atomic E-state index is 13.9. The molecule has 2 aromatic carbocycles. The molecule has 2 aromatic heterocycles. The zero-order valence-electron chi connectivity index (χ0n) is 21.8. The summed E-state index contributed by atoms with van der Waals surface area (Å²) in [6.07, 6.45) is 3.33. The van der Waals surface area contributed by atoms with E-state index >= 15 is 0 Å². The number of thioether (sulfide) groups is 1. The van der Waals surface area contributed by atoms with Gasteiger partial charge in [-0.2, -0.15) is 0 Å². The van der Waals surface area contributed by atoms with Gasteiger partial charge in [0.25, 0.3) is 5.91 Å². The van der Waals surface area contributed by atoms with Gasteiger partial charge in [0.15, 0.2) is 16.7 Å². The Morgan fingerprint density at radius 3 is 2.50 bits per heavy atom. The van der Waals surface area contributed by atoms with Crippen molar-refractivity contribution < 1.29 is 19.1 Å². The van der Waals surface area contributed by atoms with Gasteiger partial charge in [-0.1, -0.05) is 41.6 Å². The summed E-state index contributed by atoms with van der Waals surface area (Å²) in [5.41, 5.74) is 3.53. The van der Waals surface area contributed by atoms with Gasteiger partial charge >= 0.3 is 0 Å². The smallest absolute Gasteiger partial charge is 0.251 e. The van der Waals surface area contributed by atoms with E-state index in [1.807, 2.05) is 26.0 Å². The molecule has 0 saturated carbocycles. The lowest BCUT2D eigenvalue weighted by atomic mass is 10.0. The highest BCUT2D eigenvalue weighted by atomic mass is 35.5. The Bertz CT molecular complexity index is 1500. The van der Waals surface area contributed by atoms with Crippen molar-refractivity contribution in [1.82, 2.24) is 19.9 Å². The predicted octanol–water partition coefficient (Wildman–Crippen LogP) is 5.37. The predicted molar refractivity (Wildman–Crippen MR) is 152 cm³/mol. The lowest BCUT2D eigenvalue weighted by Gasteiger charge is -2.31. The Hall–Kier alpha value is -4.15. The lowest BCUT2D eigenvalue weighted by Crippen LogP contribution is -2.41. The number of carbonyl (C=O) groups is 2. The number of nitrogens with zero attached hydrogens (tertiary/aromatic N) is 4. The van der Waals surface area contributed by atoms with Crippen LogP contribution in [0.5, 0.6) is 11.5 Å². The number of fused-ring (bicyclic) bond motifs is 1. The van der Waals surface area contributed by atoms with E-state index < -0.39 is 11.9 Å². The van der Waals surface area contributed by atoms with Crippen molar-refractivity contribution in [2.75, 3.05) is 17.9 Å². The highest BCUT2D eigenvalue weighted by molar-refractivity contribution is 7.99. The Morgan fingerprint density at radius 2 is 1.77 bits per heavy atom. The summed E-state index contributed by atoms with van der Waals surface area (Å²) in [5, 5.41) is 3.97. The summed E-state index contributed by atoms with van der Waals surface area (Å²) >= 11 is 7.39. The van der Waals surface area contributed by atoms with Crippen LogP contribution in [0, 0.1) is 13.8 Å². The largest absolute Gasteiger partial charge is 0.454 e. The van der Waals surface area contributed by atoms with Crippen LogP contribution in [0.15, 0.2) is 78.2 Å². The number of carbonyl (C=O) groups excluding carboxylic acids is 2. The first-order chi connectivity index (χ1) is 19.4. The maximum atomic E-state index is 13.9. The summed E-state index contributed by atoms with van der Waals surface area (Å²) in [6, 6.07) is 16.6. The molecular weight excluding hydrogens is 550 g/mol. The van der Waals surface area contributed by atoms with Crippen molar-refractivity contribution in [3.63, 3.8) is 0 Å². The second kappa shape index (κ2) is 12.4. The first-order valence-corrected chi connectivity index (χ1v) is 13.8. The molecule has 0 radical (unpaired) electrons. The molecule has 2 amide bonds. The molecule has 1 aliphatic rings. The number of hydrogen-bond donors (Lipinski definition) is 1. The third kappa shape index (κ3) is 6.70. The molecule has 0 saturated heterocycles. The van der Waals surface area contributed by atoms with E-state index in [0.717, 1.165) is 17.0 Å². The highest BCUT2D eigenvalue weighted by Crippen LogP contribution is 2.35. The van der Waals surface area contributed by atoms with Gasteiger partial charge in [-0.25, -0.2) is 9.97 Å². The number of halogens is 1. The van der Waals surface area contributed by atoms with E-state index in [-0.39, 0.29) is 25.0 Å². The van der Waals surface area contributed by atoms with Crippen LogP contribution in [0.3, 0.4) is 0 Å². The van der Waals surface area contributed by atoms with Crippen LogP contribution in [0.2, 0.25) is 5.02 Å². The number of aromatic nitrogens is 3. The number of amides is 2. The number of rotatable bonds is 9. The highest BCUT2D eigenvalue weighted by Gasteiger charge is 2.32. The van der Waals surface area contributed by atoms with Crippen LogP contribution in [-0.4, -0.2) is 44.2 Å². The van der Waals surface area contributed by atoms with Gasteiger partial charge in [0.05, 0.1) is 5.75 Å². The number of hydrogen-bond acceptors (Lipinski definition) is 8. The molecule has 1 unspecified atom stereocenters. The van der Waals surface area contributed by atoms with Gasteiger partial charge in [0.1, 0.15) is 6.04 Å². The average molecular weight is 576 g/mol. The molecule has 11 heteroatoms. The molecule has 9 nitrogen and oxygen atoms in total. The minimum Gasteiger partial charge on any atom is -0.454 e. The van der Waals surface area contributed by atoms with Crippen molar-refractivity contribution >= 4 is 40.9 Å². The van der Waals surface area contributed by atoms with Gasteiger partial charge in [-0.3, -0.25) is 14.6 Å². The van der Waals surface area contributed by atoms with Gasteiger partial charge < -0.3 is 19.7 Å². The molecule has 204 valence electrons. The molecule has 0 spiro atoms. The average Bonchev–Trinajstić information content (AvgIpc) is 3.40. The van der Waals surface area contributed by atoms with Gasteiger partial charge in [-0.15, -0.1) is 0 Å². The van der Waals surface area contributed by atoms with Crippen molar-refractivity contribution in [2.24, 2.45) is 0 Å². The molecule has 3 heterocycles. The number of nitrogens with one attached hydrogen (secondary N) is 1. The molecule has 0 aliphatic carbocycles. The van der Waals surface area contributed by atoms with Crippen LogP contribution in [-0.2, 0) is 16.1 Å². The van der Waals surface area contributed by atoms with Gasteiger partial charge in [-0.05, 0) is 61.4 Å². The molecule has 0 fully saturated rings. The van der Waals surface area contributed by atoms with Crippen LogP contribution >= 0.6 is 23.4 Å². The van der Waals surface area contributed by atoms with Crippen LogP contribution < -0.4 is 14.8 Å². The maximum Gasteiger partial charge on any atom is 0.251 e. The summed E-state index contributed by atoms with van der Waals surface area (Å²) in [4.78, 5) is 42.4. The quantitative estimate of drug-likeness (QED) is 0.210. The SMILES string of the molecule is Cc1cc(C)nc(SCC(=O)N(Cc2cccnc2)C(C(=O)Nc2ccc3c(c2)OCO3)c2ccc(Cl)cc2)n1. The van der Waals surface area contributed by atoms with Crippen molar-refractivity contribution in [2.45, 2.75) is 31.6 Å². The molecule has 5 rings (SSSR count). The summed E-state index contributed by atoms with van der Waals surface area (Å²) in [7, 11) is 0. The fraction of sp³-hybridized carbons (Fsp3) is 0.207. The summed E-state index contributed by atoms with van der Waals surface area (Å²) in [5.74, 6) is 0.508. The lowest BCUT2D eigenvalue weighted by molar-refractivity contribution is -0.137. The number of aryl methyl sites for hydroxylation is 2. The fourth-order valence-corrected chi connectivity index (χ4v) is 5.24. The van der Waals surface area contributed by atoms with E-state index in [1.54, 1.807) is 60.9 Å². The van der Waals surface area contributed by atoms with E-state index in [4.69, 9.17) is 21.1 Å². The Balaban J connectivity index is 1.47. The zero-order chi connectivity index (χ0) is 28.1. The molecule has 0 bridgehead atoms. The molecule has 4 aromatic rings. The van der Waals surface area contributed by atoms with Gasteiger partial charge in [0.2, 0.25) is 12.7 Å². The van der Waals surface area contributed by atoms with Crippen molar-refractivity contribution in [3.8, 4) is 11.5 Å². The van der Waals surface area contributed by atoms with Crippen LogP contribution in [0.25, 0.3) is 0 Å². The number of benzene rings is 2. The fourth-order valence-electron chi connectivity index (χ4n) is 4.28. The van der Waals surface area contributed by atoms with Crippen molar-refractivity contribution in [1.29, 1.82) is 0 Å². The molecule has 1 N–H and O–H groups in total. The standard InChI is InChI=1S/C29H26ClN5O4S/c1-18-12-19(2)33-29(32-18)40-16-26(36)35(15-20-4-3-11-31-14-20)27(21-5-7-22(30)8-6-21)28(37)34-23-9-10-24-25(13-23)39-17-38-24/h3-14,27H,15-17H2,1-2H3,(H,34,37). The first-order valence-electron chi connectivity index (χ1n) is 12.4. The number of ether oxygens (including phenoxy) is 2. The second-order valence-corrected chi connectivity index (χ2v) is 10.5. The molecule has 1 aliphatic heterocycles. The number of anilines is 1. The van der Waals surface area contributed by atoms with Gasteiger partial charge in [0, 0.05) is 47.1 Å². The Morgan fingerprint density at radius 1 is 1.02 bits per heavy atom. The van der Waals surface area contributed by atoms with E-state index in [2.05, 4.69) is 20.3 Å². The van der Waals surface area contributed by atoms with E-state index in [0.29, 0.717) is 32.9 Å². The van der Waals surface area contributed by atoms with Crippen molar-refractivity contribution in [3.05, 3.63) is 101 Å². The van der Waals surface area contributed by atoms with E-state index in [1.165, 1.54) is 16.7 Å². The minimum atomic E-state index is -0.976. The topological polar surface area (TPSA) is 107 Å². The number of pyridine rings is 1. The Kier molecular flexibility index (Phi) is 8.47. The minimum absolute atomic E-state index is 0.0323. The molecular formula is C29H26ClN5O4S. The third-order valence-electron chi connectivity index (χ3n) is 6.07. The first kappa shape index (κ1) is 27.4. The monoisotopic (exact) mass is 575 g/mol. The Labute approximate surface area is 240 Å². The van der Waals surface area contributed by atoms with Crippen LogP contribution in [0.1, 0.15) is 28.6 Å². The zero-order valence-corrected chi connectivity index (χ0v) is 23.4. The summed E-state index contributed by atoms with van der Waals surface area (Å²) in [6.45, 7) is 4.04. The molecule has 1 atom stereocenters. The van der Waals surface area contributed by atoms with Crippen LogP contribution in [0.4, 0.5) is 5.69 Å². The van der Waals surface area contributed by atoms with E-state index in [9.17, 15) is 9.59 Å². The second-order valence-electron chi connectivity index (χ2n) is 9.12. The third-order valence-corrected chi connectivity index (χ3v) is 7.15. The normalized spacial score (nSPS) is 12.6. The summed E-state index contributed by atoms with van der Waals surface area (Å²) < 4.78 is 10.8.